The summed E-state index contributed by atoms with van der Waals surface area (Å²) in [6, 6.07) is 15.6. The normalized spacial score (nSPS) is 16.9. The van der Waals surface area contributed by atoms with Crippen molar-refractivity contribution < 1.29 is 19.0 Å². The molecule has 1 heterocycles. The topological polar surface area (TPSA) is 48.0 Å². The van der Waals surface area contributed by atoms with E-state index in [1.54, 1.807) is 14.2 Å². The molecule has 1 aliphatic heterocycles. The summed E-state index contributed by atoms with van der Waals surface area (Å²) in [5.41, 5.74) is 1.17. The van der Waals surface area contributed by atoms with Crippen LogP contribution in [0.1, 0.15) is 43.7 Å². The molecule has 1 fully saturated rings. The van der Waals surface area contributed by atoms with Crippen molar-refractivity contribution >= 4 is 5.91 Å². The van der Waals surface area contributed by atoms with Gasteiger partial charge in [-0.25, -0.2) is 0 Å². The lowest BCUT2D eigenvalue weighted by atomic mass is 10.0. The Morgan fingerprint density at radius 1 is 0.893 bits per heavy atom. The third-order valence-electron chi connectivity index (χ3n) is 5.22. The first-order chi connectivity index (χ1) is 13.7. The zero-order valence-corrected chi connectivity index (χ0v) is 16.7. The van der Waals surface area contributed by atoms with Crippen LogP contribution in [0.25, 0.3) is 0 Å². The van der Waals surface area contributed by atoms with Crippen LogP contribution in [0.2, 0.25) is 0 Å². The average molecular weight is 383 g/mol. The first-order valence-corrected chi connectivity index (χ1v) is 9.91. The van der Waals surface area contributed by atoms with Gasteiger partial charge in [0.2, 0.25) is 5.91 Å². The molecule has 0 bridgehead atoms. The number of hydrogen-bond donors (Lipinski definition) is 0. The van der Waals surface area contributed by atoms with Gasteiger partial charge in [0, 0.05) is 6.54 Å². The fourth-order valence-electron chi connectivity index (χ4n) is 3.65. The van der Waals surface area contributed by atoms with Gasteiger partial charge in [0.05, 0.1) is 33.3 Å². The van der Waals surface area contributed by atoms with Gasteiger partial charge in [0.15, 0.2) is 0 Å². The SMILES string of the molecule is COc1ccc(OCCC(=O)N2CCCCCC2c2ccc(OC)cc2)cc1. The Labute approximate surface area is 167 Å². The minimum absolute atomic E-state index is 0.127. The van der Waals surface area contributed by atoms with Crippen molar-refractivity contribution in [2.75, 3.05) is 27.4 Å². The van der Waals surface area contributed by atoms with Crippen molar-refractivity contribution in [1.29, 1.82) is 0 Å². The summed E-state index contributed by atoms with van der Waals surface area (Å²) < 4.78 is 16.2. The zero-order valence-electron chi connectivity index (χ0n) is 16.7. The quantitative estimate of drug-likeness (QED) is 0.700. The molecule has 28 heavy (non-hydrogen) atoms. The zero-order chi connectivity index (χ0) is 19.8. The summed E-state index contributed by atoms with van der Waals surface area (Å²) in [5, 5.41) is 0. The Morgan fingerprint density at radius 2 is 1.50 bits per heavy atom. The van der Waals surface area contributed by atoms with Crippen LogP contribution in [-0.2, 0) is 4.79 Å². The molecule has 1 unspecified atom stereocenters. The molecule has 0 saturated carbocycles. The second kappa shape index (κ2) is 10.0. The van der Waals surface area contributed by atoms with Crippen LogP contribution in [0.5, 0.6) is 17.2 Å². The summed E-state index contributed by atoms with van der Waals surface area (Å²) in [6.45, 7) is 1.18. The predicted octanol–water partition coefficient (Wildman–Crippen LogP) is 4.62. The van der Waals surface area contributed by atoms with Crippen LogP contribution in [0, 0.1) is 0 Å². The average Bonchev–Trinajstić information content (AvgIpc) is 3.00. The molecule has 2 aromatic carbocycles. The van der Waals surface area contributed by atoms with Crippen LogP contribution in [0.3, 0.4) is 0 Å². The highest BCUT2D eigenvalue weighted by atomic mass is 16.5. The minimum Gasteiger partial charge on any atom is -0.497 e. The molecule has 0 radical (unpaired) electrons. The number of hydrogen-bond acceptors (Lipinski definition) is 4. The summed E-state index contributed by atoms with van der Waals surface area (Å²) in [4.78, 5) is 15.0. The first kappa shape index (κ1) is 20.1. The second-order valence-corrected chi connectivity index (χ2v) is 7.00. The Morgan fingerprint density at radius 3 is 2.14 bits per heavy atom. The summed E-state index contributed by atoms with van der Waals surface area (Å²) in [7, 11) is 3.30. The minimum atomic E-state index is 0.127. The van der Waals surface area contributed by atoms with Gasteiger partial charge >= 0.3 is 0 Å². The molecular formula is C23H29NO4. The number of benzene rings is 2. The third kappa shape index (κ3) is 5.18. The lowest BCUT2D eigenvalue weighted by Crippen LogP contribution is -2.35. The van der Waals surface area contributed by atoms with E-state index in [-0.39, 0.29) is 11.9 Å². The van der Waals surface area contributed by atoms with Crippen LogP contribution in [0.15, 0.2) is 48.5 Å². The van der Waals surface area contributed by atoms with E-state index in [1.165, 1.54) is 12.0 Å². The molecule has 5 heteroatoms. The van der Waals surface area contributed by atoms with Crippen LogP contribution in [-0.4, -0.2) is 38.2 Å². The molecule has 1 aliphatic rings. The van der Waals surface area contributed by atoms with Crippen molar-refractivity contribution in [2.45, 2.75) is 38.1 Å². The van der Waals surface area contributed by atoms with Crippen molar-refractivity contribution in [3.63, 3.8) is 0 Å². The fourth-order valence-corrected chi connectivity index (χ4v) is 3.65. The number of rotatable bonds is 7. The molecular weight excluding hydrogens is 354 g/mol. The van der Waals surface area contributed by atoms with Gasteiger partial charge in [-0.2, -0.15) is 0 Å². The fraction of sp³-hybridized carbons (Fsp3) is 0.435. The van der Waals surface area contributed by atoms with Gasteiger partial charge in [-0.05, 0) is 54.8 Å². The molecule has 5 nitrogen and oxygen atoms in total. The van der Waals surface area contributed by atoms with Crippen molar-refractivity contribution in [1.82, 2.24) is 4.90 Å². The maximum atomic E-state index is 12.9. The molecule has 1 atom stereocenters. The highest BCUT2D eigenvalue weighted by Crippen LogP contribution is 2.31. The van der Waals surface area contributed by atoms with E-state index < -0.39 is 0 Å². The molecule has 1 saturated heterocycles. The predicted molar refractivity (Wildman–Crippen MR) is 109 cm³/mol. The molecule has 0 N–H and O–H groups in total. The number of carbonyl (C=O) groups excluding carboxylic acids is 1. The molecule has 1 amide bonds. The third-order valence-corrected chi connectivity index (χ3v) is 5.22. The number of methoxy groups -OCH3 is 2. The van der Waals surface area contributed by atoms with Gasteiger partial charge in [0.25, 0.3) is 0 Å². The molecule has 150 valence electrons. The van der Waals surface area contributed by atoms with Gasteiger partial charge < -0.3 is 19.1 Å². The molecule has 0 aliphatic carbocycles. The van der Waals surface area contributed by atoms with E-state index >= 15 is 0 Å². The van der Waals surface area contributed by atoms with Crippen molar-refractivity contribution in [3.05, 3.63) is 54.1 Å². The van der Waals surface area contributed by atoms with E-state index in [1.807, 2.05) is 41.3 Å². The molecule has 3 rings (SSSR count). The lowest BCUT2D eigenvalue weighted by Gasteiger charge is -2.30. The number of ether oxygens (including phenoxy) is 3. The number of nitrogens with zero attached hydrogens (tertiary/aromatic N) is 1. The highest BCUT2D eigenvalue weighted by molar-refractivity contribution is 5.77. The maximum absolute atomic E-state index is 12.9. The lowest BCUT2D eigenvalue weighted by molar-refractivity contribution is -0.134. The number of likely N-dealkylation sites (tertiary alicyclic amines) is 1. The monoisotopic (exact) mass is 383 g/mol. The van der Waals surface area contributed by atoms with Gasteiger partial charge in [0.1, 0.15) is 17.2 Å². The van der Waals surface area contributed by atoms with Gasteiger partial charge in [-0.1, -0.05) is 25.0 Å². The van der Waals surface area contributed by atoms with E-state index in [2.05, 4.69) is 12.1 Å². The Balaban J connectivity index is 1.61. The van der Waals surface area contributed by atoms with Gasteiger partial charge in [-0.3, -0.25) is 4.79 Å². The summed E-state index contributed by atoms with van der Waals surface area (Å²) in [6.07, 6.45) is 4.73. The molecule has 0 spiro atoms. The Kier molecular flexibility index (Phi) is 7.18. The Hall–Kier alpha value is -2.69. The number of carbonyl (C=O) groups is 1. The smallest absolute Gasteiger partial charge is 0.226 e. The summed E-state index contributed by atoms with van der Waals surface area (Å²) in [5.74, 6) is 2.52. The second-order valence-electron chi connectivity index (χ2n) is 7.00. The highest BCUT2D eigenvalue weighted by Gasteiger charge is 2.26. The van der Waals surface area contributed by atoms with E-state index in [0.29, 0.717) is 13.0 Å². The number of amides is 1. The Bertz CT molecular complexity index is 742. The molecule has 2 aromatic rings. The van der Waals surface area contributed by atoms with Crippen LogP contribution in [0.4, 0.5) is 0 Å². The van der Waals surface area contributed by atoms with E-state index in [9.17, 15) is 4.79 Å². The van der Waals surface area contributed by atoms with Gasteiger partial charge in [-0.15, -0.1) is 0 Å². The summed E-state index contributed by atoms with van der Waals surface area (Å²) >= 11 is 0. The maximum Gasteiger partial charge on any atom is 0.226 e. The largest absolute Gasteiger partial charge is 0.497 e. The van der Waals surface area contributed by atoms with Crippen LogP contribution < -0.4 is 14.2 Å². The first-order valence-electron chi connectivity index (χ1n) is 9.91. The van der Waals surface area contributed by atoms with Crippen molar-refractivity contribution in [3.8, 4) is 17.2 Å². The van der Waals surface area contributed by atoms with E-state index in [4.69, 9.17) is 14.2 Å². The molecule has 0 aromatic heterocycles. The van der Waals surface area contributed by atoms with Crippen molar-refractivity contribution in [2.24, 2.45) is 0 Å². The van der Waals surface area contributed by atoms with E-state index in [0.717, 1.165) is 43.1 Å². The van der Waals surface area contributed by atoms with Crippen LogP contribution >= 0.6 is 0 Å². The standard InChI is InChI=1S/C23H29NO4/c1-26-19-9-7-18(8-10-19)22-6-4-3-5-16-24(22)23(25)15-17-28-21-13-11-20(27-2)12-14-21/h7-14,22H,3-6,15-17H2,1-2H3.